The van der Waals surface area contributed by atoms with Crippen molar-refractivity contribution in [3.05, 3.63) is 24.3 Å². The molecule has 1 aromatic rings. The number of nitrogens with zero attached hydrogens (tertiary/aromatic N) is 2. The largest absolute Gasteiger partial charge is 0.325 e. The molecule has 0 saturated carbocycles. The molecule has 0 aromatic heterocycles. The van der Waals surface area contributed by atoms with Crippen LogP contribution < -0.4 is 5.32 Å². The highest BCUT2D eigenvalue weighted by Crippen LogP contribution is 2.22. The smallest absolute Gasteiger partial charge is 0.243 e. The van der Waals surface area contributed by atoms with E-state index in [0.717, 1.165) is 13.1 Å². The van der Waals surface area contributed by atoms with Crippen LogP contribution in [0.4, 0.5) is 5.69 Å². The van der Waals surface area contributed by atoms with Gasteiger partial charge in [-0.2, -0.15) is 4.31 Å². The van der Waals surface area contributed by atoms with E-state index in [1.165, 1.54) is 16.8 Å². The van der Waals surface area contributed by atoms with Crippen LogP contribution in [0.5, 0.6) is 0 Å². The fraction of sp³-hybridized carbons (Fsp3) is 0.632. The maximum atomic E-state index is 12.6. The lowest BCUT2D eigenvalue weighted by atomic mass is 9.92. The van der Waals surface area contributed by atoms with Gasteiger partial charge in [-0.3, -0.25) is 9.69 Å². The molecule has 1 aromatic carbocycles. The SMILES string of the molecule is CCN(CC)S(=O)(=O)c1cccc(NC(=O)CN2CC(C)CC(C)C2)c1. The molecular formula is C19H31N3O3S. The van der Waals surface area contributed by atoms with Crippen molar-refractivity contribution in [3.8, 4) is 0 Å². The van der Waals surface area contributed by atoms with Gasteiger partial charge in [-0.15, -0.1) is 0 Å². The van der Waals surface area contributed by atoms with E-state index in [9.17, 15) is 13.2 Å². The number of carbonyl (C=O) groups is 1. The molecule has 6 nitrogen and oxygen atoms in total. The minimum absolute atomic E-state index is 0.108. The quantitative estimate of drug-likeness (QED) is 0.788. The lowest BCUT2D eigenvalue weighted by molar-refractivity contribution is -0.117. The molecule has 7 heteroatoms. The number of nitrogens with one attached hydrogen (secondary N) is 1. The molecule has 0 spiro atoms. The fourth-order valence-electron chi connectivity index (χ4n) is 3.77. The number of likely N-dealkylation sites (tertiary alicyclic amines) is 1. The Labute approximate surface area is 157 Å². The van der Waals surface area contributed by atoms with Crippen LogP contribution in [-0.2, 0) is 14.8 Å². The Hall–Kier alpha value is -1.44. The molecule has 26 heavy (non-hydrogen) atoms. The monoisotopic (exact) mass is 381 g/mol. The number of sulfonamides is 1. The first-order valence-electron chi connectivity index (χ1n) is 9.38. The minimum Gasteiger partial charge on any atom is -0.325 e. The summed E-state index contributed by atoms with van der Waals surface area (Å²) in [6, 6.07) is 6.49. The van der Waals surface area contributed by atoms with Crippen LogP contribution in [0, 0.1) is 11.8 Å². The van der Waals surface area contributed by atoms with Crippen LogP contribution in [0.2, 0.25) is 0 Å². The van der Waals surface area contributed by atoms with E-state index in [2.05, 4.69) is 24.1 Å². The molecule has 2 unspecified atom stereocenters. The summed E-state index contributed by atoms with van der Waals surface area (Å²) in [4.78, 5) is 14.8. The van der Waals surface area contributed by atoms with Gasteiger partial charge in [-0.1, -0.05) is 33.8 Å². The molecule has 1 amide bonds. The molecule has 1 aliphatic heterocycles. The van der Waals surface area contributed by atoms with Crippen LogP contribution in [0.3, 0.4) is 0 Å². The third-order valence-electron chi connectivity index (χ3n) is 4.77. The number of anilines is 1. The minimum atomic E-state index is -3.53. The number of hydrogen-bond acceptors (Lipinski definition) is 4. The van der Waals surface area contributed by atoms with Crippen LogP contribution in [-0.4, -0.2) is 56.3 Å². The Balaban J connectivity index is 2.05. The Kier molecular flexibility index (Phi) is 7.20. The predicted octanol–water partition coefficient (Wildman–Crippen LogP) is 2.63. The molecule has 1 saturated heterocycles. The van der Waals surface area contributed by atoms with Gasteiger partial charge in [0.2, 0.25) is 15.9 Å². The van der Waals surface area contributed by atoms with Gasteiger partial charge in [0.25, 0.3) is 0 Å². The average Bonchev–Trinajstić information content (AvgIpc) is 2.54. The van der Waals surface area contributed by atoms with Crippen molar-refractivity contribution in [1.29, 1.82) is 0 Å². The van der Waals surface area contributed by atoms with Crippen LogP contribution >= 0.6 is 0 Å². The standard InChI is InChI=1S/C19H31N3O3S/c1-5-22(6-2)26(24,25)18-9-7-8-17(11-18)20-19(23)14-21-12-15(3)10-16(4)13-21/h7-9,11,15-16H,5-6,10,12-14H2,1-4H3,(H,20,23). The second-order valence-electron chi connectivity index (χ2n) is 7.31. The van der Waals surface area contributed by atoms with Crippen molar-refractivity contribution in [2.24, 2.45) is 11.8 Å². The molecule has 1 heterocycles. The van der Waals surface area contributed by atoms with Gasteiger partial charge >= 0.3 is 0 Å². The van der Waals surface area contributed by atoms with Crippen LogP contribution in [0.25, 0.3) is 0 Å². The molecule has 0 bridgehead atoms. The Morgan fingerprint density at radius 1 is 1.19 bits per heavy atom. The maximum absolute atomic E-state index is 12.6. The highest BCUT2D eigenvalue weighted by molar-refractivity contribution is 7.89. The summed E-state index contributed by atoms with van der Waals surface area (Å²) >= 11 is 0. The van der Waals surface area contributed by atoms with Crippen molar-refractivity contribution in [2.45, 2.75) is 39.0 Å². The molecule has 146 valence electrons. The zero-order valence-electron chi connectivity index (χ0n) is 16.2. The second kappa shape index (κ2) is 8.97. The number of rotatable bonds is 7. The van der Waals surface area contributed by atoms with Gasteiger partial charge in [0.05, 0.1) is 11.4 Å². The number of benzene rings is 1. The normalized spacial score (nSPS) is 21.7. The molecule has 1 aliphatic rings. The first kappa shape index (κ1) is 20.9. The van der Waals surface area contributed by atoms with Crippen molar-refractivity contribution in [3.63, 3.8) is 0 Å². The number of amides is 1. The molecular weight excluding hydrogens is 350 g/mol. The average molecular weight is 382 g/mol. The zero-order valence-corrected chi connectivity index (χ0v) is 17.1. The number of hydrogen-bond donors (Lipinski definition) is 1. The van der Waals surface area contributed by atoms with Crippen molar-refractivity contribution in [2.75, 3.05) is 38.0 Å². The third kappa shape index (κ3) is 5.28. The summed E-state index contributed by atoms with van der Waals surface area (Å²) in [5.74, 6) is 1.08. The van der Waals surface area contributed by atoms with E-state index in [4.69, 9.17) is 0 Å². The Morgan fingerprint density at radius 2 is 1.81 bits per heavy atom. The van der Waals surface area contributed by atoms with Crippen molar-refractivity contribution < 1.29 is 13.2 Å². The molecule has 1 fully saturated rings. The zero-order chi connectivity index (χ0) is 19.3. The van der Waals surface area contributed by atoms with Crippen LogP contribution in [0.15, 0.2) is 29.2 Å². The van der Waals surface area contributed by atoms with Gasteiger partial charge in [0.1, 0.15) is 0 Å². The van der Waals surface area contributed by atoms with E-state index in [1.807, 2.05) is 13.8 Å². The summed E-state index contributed by atoms with van der Waals surface area (Å²) in [7, 11) is -3.53. The van der Waals surface area contributed by atoms with E-state index >= 15 is 0 Å². The lowest BCUT2D eigenvalue weighted by Gasteiger charge is -2.34. The Bertz CT molecular complexity index is 706. The van der Waals surface area contributed by atoms with Gasteiger partial charge < -0.3 is 5.32 Å². The summed E-state index contributed by atoms with van der Waals surface area (Å²) in [5, 5.41) is 2.84. The van der Waals surface area contributed by atoms with Crippen molar-refractivity contribution >= 4 is 21.6 Å². The van der Waals surface area contributed by atoms with E-state index < -0.39 is 10.0 Å². The fourth-order valence-corrected chi connectivity index (χ4v) is 5.28. The first-order chi connectivity index (χ1) is 12.3. The van der Waals surface area contributed by atoms with E-state index in [1.54, 1.807) is 18.2 Å². The molecule has 1 N–H and O–H groups in total. The highest BCUT2D eigenvalue weighted by Gasteiger charge is 2.24. The maximum Gasteiger partial charge on any atom is 0.243 e. The Morgan fingerprint density at radius 3 is 2.38 bits per heavy atom. The summed E-state index contributed by atoms with van der Waals surface area (Å²) in [6.07, 6.45) is 1.20. The summed E-state index contributed by atoms with van der Waals surface area (Å²) < 4.78 is 26.7. The highest BCUT2D eigenvalue weighted by atomic mass is 32.2. The molecule has 0 radical (unpaired) electrons. The topological polar surface area (TPSA) is 69.7 Å². The number of carbonyl (C=O) groups excluding carboxylic acids is 1. The van der Waals surface area contributed by atoms with Gasteiger partial charge in [0, 0.05) is 31.9 Å². The second-order valence-corrected chi connectivity index (χ2v) is 9.24. The van der Waals surface area contributed by atoms with E-state index in [0.29, 0.717) is 37.2 Å². The number of piperidine rings is 1. The molecule has 2 atom stereocenters. The van der Waals surface area contributed by atoms with Gasteiger partial charge in [-0.25, -0.2) is 8.42 Å². The van der Waals surface area contributed by atoms with E-state index in [-0.39, 0.29) is 10.8 Å². The lowest BCUT2D eigenvalue weighted by Crippen LogP contribution is -2.42. The van der Waals surface area contributed by atoms with Gasteiger partial charge in [0.15, 0.2) is 0 Å². The third-order valence-corrected chi connectivity index (χ3v) is 6.82. The molecule has 0 aliphatic carbocycles. The van der Waals surface area contributed by atoms with Crippen molar-refractivity contribution in [1.82, 2.24) is 9.21 Å². The summed E-state index contributed by atoms with van der Waals surface area (Å²) in [6.45, 7) is 11.1. The molecule has 2 rings (SSSR count). The predicted molar refractivity (Wildman–Crippen MR) is 105 cm³/mol. The van der Waals surface area contributed by atoms with Crippen LogP contribution in [0.1, 0.15) is 34.1 Å². The van der Waals surface area contributed by atoms with Gasteiger partial charge in [-0.05, 0) is 36.5 Å². The summed E-state index contributed by atoms with van der Waals surface area (Å²) in [5.41, 5.74) is 0.515. The first-order valence-corrected chi connectivity index (χ1v) is 10.8.